The van der Waals surface area contributed by atoms with Crippen molar-refractivity contribution in [2.24, 2.45) is 0 Å². The molecule has 1 aliphatic rings. The second kappa shape index (κ2) is 6.70. The van der Waals surface area contributed by atoms with Crippen molar-refractivity contribution in [3.8, 4) is 0 Å². The number of hydrogen-bond donors (Lipinski definition) is 1. The van der Waals surface area contributed by atoms with Crippen molar-refractivity contribution in [1.29, 1.82) is 0 Å². The number of rotatable bonds is 5. The molecule has 3 aromatic carbocycles. The van der Waals surface area contributed by atoms with Gasteiger partial charge in [0.15, 0.2) is 0 Å². The second-order valence-corrected chi connectivity index (χ2v) is 8.42. The highest BCUT2D eigenvalue weighted by Gasteiger charge is 2.40. The Balaban J connectivity index is 1.56. The average molecular weight is 380 g/mol. The molecular formula is C21H20N2O3S. The number of carbonyl (C=O) groups excluding carboxylic acids is 1. The average Bonchev–Trinajstić information content (AvgIpc) is 2.91. The van der Waals surface area contributed by atoms with Gasteiger partial charge in [-0.25, -0.2) is 8.42 Å². The van der Waals surface area contributed by atoms with Crippen LogP contribution in [0.5, 0.6) is 0 Å². The molecule has 0 unspecified atom stereocenters. The lowest BCUT2D eigenvalue weighted by molar-refractivity contribution is -0.121. The van der Waals surface area contributed by atoms with Crippen LogP contribution in [0.15, 0.2) is 71.6 Å². The van der Waals surface area contributed by atoms with Crippen LogP contribution in [-0.2, 0) is 21.2 Å². The Hall–Kier alpha value is -2.86. The van der Waals surface area contributed by atoms with Crippen molar-refractivity contribution in [3.63, 3.8) is 0 Å². The third-order valence-electron chi connectivity index (χ3n) is 4.91. The van der Waals surface area contributed by atoms with Crippen LogP contribution in [0.4, 0.5) is 5.69 Å². The fourth-order valence-corrected chi connectivity index (χ4v) is 5.43. The summed E-state index contributed by atoms with van der Waals surface area (Å²) >= 11 is 0. The number of hydrogen-bond acceptors (Lipinski definition) is 3. The number of anilines is 1. The highest BCUT2D eigenvalue weighted by Crippen LogP contribution is 2.43. The van der Waals surface area contributed by atoms with Crippen LogP contribution >= 0.6 is 0 Å². The Morgan fingerprint density at radius 1 is 1.00 bits per heavy atom. The Labute approximate surface area is 158 Å². The smallest absolute Gasteiger partial charge is 0.265 e. The van der Waals surface area contributed by atoms with Gasteiger partial charge in [0.25, 0.3) is 10.0 Å². The maximum Gasteiger partial charge on any atom is 0.265 e. The van der Waals surface area contributed by atoms with E-state index in [1.54, 1.807) is 25.1 Å². The van der Waals surface area contributed by atoms with Gasteiger partial charge in [-0.15, -0.1) is 0 Å². The second-order valence-electron chi connectivity index (χ2n) is 6.63. The molecule has 27 heavy (non-hydrogen) atoms. The summed E-state index contributed by atoms with van der Waals surface area (Å²) in [5.74, 6) is -0.306. The summed E-state index contributed by atoms with van der Waals surface area (Å²) in [6.45, 7) is 2.08. The van der Waals surface area contributed by atoms with Crippen LogP contribution in [0, 0.1) is 0 Å². The SMILES string of the molecule is C[C@@H](C(=O)NCCc1ccccc1)N1c2cccc3cccc(c23)S1(=O)=O. The topological polar surface area (TPSA) is 66.5 Å². The first kappa shape index (κ1) is 17.5. The molecule has 1 amide bonds. The molecule has 3 aromatic rings. The molecule has 1 N–H and O–H groups in total. The minimum absolute atomic E-state index is 0.263. The van der Waals surface area contributed by atoms with E-state index in [0.717, 1.165) is 10.9 Å². The van der Waals surface area contributed by atoms with E-state index in [2.05, 4.69) is 5.32 Å². The zero-order valence-electron chi connectivity index (χ0n) is 14.9. The van der Waals surface area contributed by atoms with Crippen molar-refractivity contribution >= 4 is 32.4 Å². The van der Waals surface area contributed by atoms with Gasteiger partial charge in [-0.2, -0.15) is 0 Å². The van der Waals surface area contributed by atoms with Crippen molar-refractivity contribution in [2.45, 2.75) is 24.3 Å². The largest absolute Gasteiger partial charge is 0.354 e. The highest BCUT2D eigenvalue weighted by atomic mass is 32.2. The molecular weight excluding hydrogens is 360 g/mol. The zero-order chi connectivity index (χ0) is 19.0. The van der Waals surface area contributed by atoms with Gasteiger partial charge < -0.3 is 5.32 Å². The van der Waals surface area contributed by atoms with Gasteiger partial charge in [0.05, 0.1) is 10.6 Å². The van der Waals surface area contributed by atoms with Crippen LogP contribution < -0.4 is 9.62 Å². The van der Waals surface area contributed by atoms with E-state index in [1.807, 2.05) is 48.5 Å². The van der Waals surface area contributed by atoms with E-state index in [9.17, 15) is 13.2 Å². The predicted molar refractivity (Wildman–Crippen MR) is 106 cm³/mol. The minimum atomic E-state index is -3.75. The molecule has 138 valence electrons. The normalized spacial score (nSPS) is 15.7. The fourth-order valence-electron chi connectivity index (χ4n) is 3.57. The lowest BCUT2D eigenvalue weighted by Gasteiger charge is -2.25. The lowest BCUT2D eigenvalue weighted by Crippen LogP contribution is -2.47. The third-order valence-corrected chi connectivity index (χ3v) is 6.83. The number of amides is 1. The molecule has 6 heteroatoms. The molecule has 0 saturated carbocycles. The maximum absolute atomic E-state index is 13.1. The van der Waals surface area contributed by atoms with Crippen molar-refractivity contribution in [2.75, 3.05) is 10.8 Å². The number of nitrogens with one attached hydrogen (secondary N) is 1. The van der Waals surface area contributed by atoms with Crippen LogP contribution in [0.2, 0.25) is 0 Å². The van der Waals surface area contributed by atoms with Crippen LogP contribution in [-0.4, -0.2) is 26.9 Å². The Kier molecular flexibility index (Phi) is 4.36. The summed E-state index contributed by atoms with van der Waals surface area (Å²) in [5, 5.41) is 4.40. The molecule has 0 aromatic heterocycles. The first-order chi connectivity index (χ1) is 13.0. The highest BCUT2D eigenvalue weighted by molar-refractivity contribution is 7.93. The summed E-state index contributed by atoms with van der Waals surface area (Å²) in [7, 11) is -3.75. The van der Waals surface area contributed by atoms with Gasteiger partial charge in [0, 0.05) is 11.9 Å². The number of benzene rings is 3. The van der Waals surface area contributed by atoms with Gasteiger partial charge in [-0.1, -0.05) is 54.6 Å². The number of carbonyl (C=O) groups is 1. The van der Waals surface area contributed by atoms with Crippen molar-refractivity contribution < 1.29 is 13.2 Å². The molecule has 0 bridgehead atoms. The Morgan fingerprint density at radius 3 is 2.44 bits per heavy atom. The number of nitrogens with zero attached hydrogens (tertiary/aromatic N) is 1. The molecule has 0 spiro atoms. The summed E-state index contributed by atoms with van der Waals surface area (Å²) in [5.41, 5.74) is 1.69. The van der Waals surface area contributed by atoms with Crippen LogP contribution in [0.25, 0.3) is 10.8 Å². The molecule has 0 aliphatic carbocycles. The molecule has 1 atom stereocenters. The monoisotopic (exact) mass is 380 g/mol. The molecule has 0 saturated heterocycles. The summed E-state index contributed by atoms with van der Waals surface area (Å²) in [4.78, 5) is 12.9. The molecule has 5 nitrogen and oxygen atoms in total. The third kappa shape index (κ3) is 2.96. The fraction of sp³-hybridized carbons (Fsp3) is 0.190. The summed E-state index contributed by atoms with van der Waals surface area (Å²) in [6, 6.07) is 19.7. The first-order valence-electron chi connectivity index (χ1n) is 8.88. The van der Waals surface area contributed by atoms with E-state index in [1.165, 1.54) is 4.31 Å². The molecule has 1 heterocycles. The Bertz CT molecular complexity index is 1110. The molecule has 0 fully saturated rings. The quantitative estimate of drug-likeness (QED) is 0.740. The Morgan fingerprint density at radius 2 is 1.70 bits per heavy atom. The zero-order valence-corrected chi connectivity index (χ0v) is 15.7. The maximum atomic E-state index is 13.1. The lowest BCUT2D eigenvalue weighted by atomic mass is 10.1. The van der Waals surface area contributed by atoms with Crippen LogP contribution in [0.3, 0.4) is 0 Å². The minimum Gasteiger partial charge on any atom is -0.354 e. The van der Waals surface area contributed by atoms with E-state index in [4.69, 9.17) is 0 Å². The van der Waals surface area contributed by atoms with Gasteiger partial charge in [0.1, 0.15) is 6.04 Å². The summed E-state index contributed by atoms with van der Waals surface area (Å²) < 4.78 is 27.3. The van der Waals surface area contributed by atoms with E-state index >= 15 is 0 Å². The molecule has 1 aliphatic heterocycles. The number of sulfonamides is 1. The van der Waals surface area contributed by atoms with Gasteiger partial charge in [0.2, 0.25) is 5.91 Å². The van der Waals surface area contributed by atoms with Gasteiger partial charge in [-0.3, -0.25) is 9.10 Å². The van der Waals surface area contributed by atoms with E-state index in [0.29, 0.717) is 24.0 Å². The van der Waals surface area contributed by atoms with E-state index < -0.39 is 16.1 Å². The van der Waals surface area contributed by atoms with Gasteiger partial charge in [-0.05, 0) is 36.4 Å². The van der Waals surface area contributed by atoms with Gasteiger partial charge >= 0.3 is 0 Å². The standard InChI is InChI=1S/C21H20N2O3S/c1-15(21(24)22-14-13-16-7-3-2-4-8-16)23-18-11-5-9-17-10-6-12-19(20(17)18)27(23,25)26/h2-12,15H,13-14H2,1H3,(H,22,24)/t15-/m0/s1. The predicted octanol–water partition coefficient (Wildman–Crippen LogP) is 3.10. The van der Waals surface area contributed by atoms with Crippen molar-refractivity contribution in [3.05, 3.63) is 72.3 Å². The van der Waals surface area contributed by atoms with E-state index in [-0.39, 0.29) is 10.8 Å². The van der Waals surface area contributed by atoms with Crippen LogP contribution in [0.1, 0.15) is 12.5 Å². The first-order valence-corrected chi connectivity index (χ1v) is 10.3. The van der Waals surface area contributed by atoms with Crippen molar-refractivity contribution in [1.82, 2.24) is 5.32 Å². The molecule has 0 radical (unpaired) electrons. The summed E-state index contributed by atoms with van der Waals surface area (Å²) in [6.07, 6.45) is 0.696. The molecule has 4 rings (SSSR count).